The number of phosphoric ester groups is 1. The van der Waals surface area contributed by atoms with Gasteiger partial charge in [-0.05, 0) is 72.4 Å². The Labute approximate surface area is 204 Å². The summed E-state index contributed by atoms with van der Waals surface area (Å²) in [6, 6.07) is 7.12. The maximum Gasteiger partial charge on any atom is 0.469 e. The van der Waals surface area contributed by atoms with E-state index in [9.17, 15) is 17.7 Å². The molecule has 2 aromatic rings. The zero-order valence-corrected chi connectivity index (χ0v) is 21.5. The van der Waals surface area contributed by atoms with E-state index >= 15 is 0 Å². The number of ether oxygens (including phenoxy) is 1. The first-order chi connectivity index (χ1) is 16.0. The van der Waals surface area contributed by atoms with Crippen LogP contribution in [0.25, 0.3) is 10.8 Å². The lowest BCUT2D eigenvalue weighted by molar-refractivity contribution is -0.138. The van der Waals surface area contributed by atoms with Crippen molar-refractivity contribution < 1.29 is 36.8 Å². The number of nitrogens with two attached hydrogens (primary N) is 1. The minimum Gasteiger partial charge on any atom is -0.490 e. The Morgan fingerprint density at radius 2 is 1.69 bits per heavy atom. The van der Waals surface area contributed by atoms with Crippen molar-refractivity contribution in [1.82, 2.24) is 0 Å². The molecule has 1 atom stereocenters. The first kappa shape index (κ1) is 27.9. The SMILES string of the molecule is CCC(C)(C)C1CCC(Oc2ccc3cc([C@@](C)(N)COP(=O)(O)O)ccc3c2C(F)(F)F)CC1. The second kappa shape index (κ2) is 10.0. The van der Waals surface area contributed by atoms with Gasteiger partial charge in [-0.25, -0.2) is 4.57 Å². The van der Waals surface area contributed by atoms with E-state index in [4.69, 9.17) is 20.3 Å². The lowest BCUT2D eigenvalue weighted by Gasteiger charge is -2.39. The van der Waals surface area contributed by atoms with Crippen molar-refractivity contribution in [3.63, 3.8) is 0 Å². The summed E-state index contributed by atoms with van der Waals surface area (Å²) in [5, 5.41) is 0.273. The van der Waals surface area contributed by atoms with Crippen molar-refractivity contribution in [2.75, 3.05) is 6.61 Å². The van der Waals surface area contributed by atoms with E-state index in [0.717, 1.165) is 19.3 Å². The molecule has 196 valence electrons. The zero-order valence-electron chi connectivity index (χ0n) is 20.6. The van der Waals surface area contributed by atoms with E-state index in [-0.39, 0.29) is 22.7 Å². The highest BCUT2D eigenvalue weighted by atomic mass is 31.2. The molecule has 1 aliphatic rings. The largest absolute Gasteiger partial charge is 0.490 e. The Kier molecular flexibility index (Phi) is 8.00. The highest BCUT2D eigenvalue weighted by molar-refractivity contribution is 7.46. The quantitative estimate of drug-likeness (QED) is 0.345. The monoisotopic (exact) mass is 517 g/mol. The standard InChI is InChI=1S/C25H35F3NO5P/c1-5-23(2,3)17-7-10-19(11-8-17)34-21-13-6-16-14-18(24(4,29)15-33-35(30,31)32)9-12-20(16)22(21)25(26,27)28/h6,9,12-14,17,19H,5,7-8,10-11,15,29H2,1-4H3,(H2,30,31,32)/t17?,19?,24-/m0/s1. The highest BCUT2D eigenvalue weighted by Crippen LogP contribution is 2.45. The van der Waals surface area contributed by atoms with E-state index in [1.165, 1.54) is 31.2 Å². The van der Waals surface area contributed by atoms with E-state index in [1.807, 2.05) is 0 Å². The number of rotatable bonds is 8. The molecular formula is C25H35F3NO5P. The van der Waals surface area contributed by atoms with Crippen molar-refractivity contribution in [3.05, 3.63) is 41.5 Å². The molecule has 0 radical (unpaired) electrons. The number of benzene rings is 2. The van der Waals surface area contributed by atoms with Gasteiger partial charge in [0, 0.05) is 0 Å². The molecule has 0 heterocycles. The molecule has 6 nitrogen and oxygen atoms in total. The van der Waals surface area contributed by atoms with Gasteiger partial charge in [0.15, 0.2) is 0 Å². The summed E-state index contributed by atoms with van der Waals surface area (Å²) >= 11 is 0. The van der Waals surface area contributed by atoms with Crippen LogP contribution in [-0.2, 0) is 20.8 Å². The Bertz CT molecular complexity index is 1090. The molecule has 1 fully saturated rings. The molecule has 35 heavy (non-hydrogen) atoms. The topological polar surface area (TPSA) is 102 Å². The number of hydrogen-bond donors (Lipinski definition) is 3. The maximum atomic E-state index is 14.2. The second-order valence-electron chi connectivity index (χ2n) is 10.5. The molecule has 0 spiro atoms. The molecule has 1 aliphatic carbocycles. The first-order valence-electron chi connectivity index (χ1n) is 11.8. The lowest BCUT2D eigenvalue weighted by Crippen LogP contribution is -2.37. The molecular weight excluding hydrogens is 482 g/mol. The van der Waals surface area contributed by atoms with Crippen molar-refractivity contribution in [2.24, 2.45) is 17.1 Å². The smallest absolute Gasteiger partial charge is 0.469 e. The van der Waals surface area contributed by atoms with Crippen molar-refractivity contribution in [3.8, 4) is 5.75 Å². The summed E-state index contributed by atoms with van der Waals surface area (Å²) in [5.74, 6) is 0.348. The van der Waals surface area contributed by atoms with E-state index < -0.39 is 31.7 Å². The van der Waals surface area contributed by atoms with Crippen LogP contribution in [0.5, 0.6) is 5.75 Å². The number of alkyl halides is 3. The molecule has 3 rings (SSSR count). The van der Waals surface area contributed by atoms with Crippen LogP contribution in [-0.4, -0.2) is 22.5 Å². The van der Waals surface area contributed by atoms with Crippen LogP contribution in [0, 0.1) is 11.3 Å². The van der Waals surface area contributed by atoms with Crippen molar-refractivity contribution >= 4 is 18.6 Å². The van der Waals surface area contributed by atoms with Gasteiger partial charge in [0.2, 0.25) is 0 Å². The van der Waals surface area contributed by atoms with Crippen LogP contribution in [0.4, 0.5) is 13.2 Å². The van der Waals surface area contributed by atoms with Gasteiger partial charge in [-0.3, -0.25) is 4.52 Å². The minimum atomic E-state index is -4.75. The van der Waals surface area contributed by atoms with Crippen LogP contribution in [0.2, 0.25) is 0 Å². The fourth-order valence-electron chi connectivity index (χ4n) is 4.79. The zero-order chi connectivity index (χ0) is 26.2. The Morgan fingerprint density at radius 3 is 2.23 bits per heavy atom. The van der Waals surface area contributed by atoms with Gasteiger partial charge in [-0.1, -0.05) is 45.4 Å². The molecule has 1 saturated carbocycles. The van der Waals surface area contributed by atoms with Crippen LogP contribution in [0.3, 0.4) is 0 Å². The van der Waals surface area contributed by atoms with Gasteiger partial charge in [-0.2, -0.15) is 13.2 Å². The van der Waals surface area contributed by atoms with Gasteiger partial charge in [-0.15, -0.1) is 0 Å². The average molecular weight is 518 g/mol. The van der Waals surface area contributed by atoms with E-state index in [1.54, 1.807) is 6.07 Å². The van der Waals surface area contributed by atoms with Gasteiger partial charge in [0.1, 0.15) is 11.3 Å². The average Bonchev–Trinajstić information content (AvgIpc) is 2.76. The molecule has 4 N–H and O–H groups in total. The van der Waals surface area contributed by atoms with Crippen LogP contribution in [0.1, 0.15) is 70.9 Å². The molecule has 0 saturated heterocycles. The highest BCUT2D eigenvalue weighted by Gasteiger charge is 2.39. The Morgan fingerprint density at radius 1 is 1.06 bits per heavy atom. The summed E-state index contributed by atoms with van der Waals surface area (Å²) in [4.78, 5) is 17.9. The normalized spacial score (nSPS) is 21.7. The second-order valence-corrected chi connectivity index (χ2v) is 11.7. The lowest BCUT2D eigenvalue weighted by atomic mass is 9.69. The molecule has 0 bridgehead atoms. The number of halogens is 3. The van der Waals surface area contributed by atoms with Crippen LogP contribution >= 0.6 is 7.82 Å². The van der Waals surface area contributed by atoms with E-state index in [2.05, 4.69) is 25.3 Å². The summed E-state index contributed by atoms with van der Waals surface area (Å²) in [6.07, 6.45) is -0.561. The third-order valence-corrected chi connectivity index (χ3v) is 7.91. The predicted molar refractivity (Wildman–Crippen MR) is 129 cm³/mol. The molecule has 0 aliphatic heterocycles. The van der Waals surface area contributed by atoms with Crippen molar-refractivity contribution in [2.45, 2.75) is 77.6 Å². The fourth-order valence-corrected chi connectivity index (χ4v) is 5.22. The van der Waals surface area contributed by atoms with Gasteiger partial charge >= 0.3 is 14.0 Å². The summed E-state index contributed by atoms with van der Waals surface area (Å²) < 4.78 is 64.0. The third kappa shape index (κ3) is 6.77. The first-order valence-corrected chi connectivity index (χ1v) is 13.4. The molecule has 2 aromatic carbocycles. The maximum absolute atomic E-state index is 14.2. The Balaban J connectivity index is 1.88. The number of fused-ring (bicyclic) bond motifs is 1. The van der Waals surface area contributed by atoms with Gasteiger partial charge in [0.25, 0.3) is 0 Å². The Hall–Kier alpha value is -1.64. The number of hydrogen-bond acceptors (Lipinski definition) is 4. The predicted octanol–water partition coefficient (Wildman–Crippen LogP) is 6.52. The minimum absolute atomic E-state index is 0.0220. The number of phosphoric acid groups is 1. The third-order valence-electron chi connectivity index (χ3n) is 7.44. The molecule has 0 amide bonds. The van der Waals surface area contributed by atoms with Crippen LogP contribution in [0.15, 0.2) is 30.3 Å². The van der Waals surface area contributed by atoms with Gasteiger partial charge < -0.3 is 20.3 Å². The summed E-state index contributed by atoms with van der Waals surface area (Å²) in [7, 11) is -4.75. The fraction of sp³-hybridized carbons (Fsp3) is 0.600. The molecule has 0 unspecified atom stereocenters. The summed E-state index contributed by atoms with van der Waals surface area (Å²) in [6.45, 7) is 7.62. The van der Waals surface area contributed by atoms with E-state index in [0.29, 0.717) is 29.7 Å². The molecule has 10 heteroatoms. The van der Waals surface area contributed by atoms with Crippen molar-refractivity contribution in [1.29, 1.82) is 0 Å². The van der Waals surface area contributed by atoms with Crippen LogP contribution < -0.4 is 10.5 Å². The van der Waals surface area contributed by atoms with Gasteiger partial charge in [0.05, 0.1) is 18.2 Å². The molecule has 0 aromatic heterocycles. The summed E-state index contributed by atoms with van der Waals surface area (Å²) in [5.41, 5.74) is 4.58.